The van der Waals surface area contributed by atoms with Crippen LogP contribution in [0.2, 0.25) is 0 Å². The molecule has 0 saturated carbocycles. The molecular weight excluding hydrogens is 324 g/mol. The molecule has 0 amide bonds. The van der Waals surface area contributed by atoms with Crippen molar-refractivity contribution in [3.63, 3.8) is 0 Å². The quantitative estimate of drug-likeness (QED) is 0.912. The first-order valence-electron chi connectivity index (χ1n) is 7.96. The molecule has 3 rings (SSSR count). The van der Waals surface area contributed by atoms with Crippen LogP contribution < -0.4 is 5.73 Å². The number of carbonyl (C=O) groups is 2. The Labute approximate surface area is 145 Å². The first-order chi connectivity index (χ1) is 11.9. The largest absolute Gasteiger partial charge is 0.448 e. The third kappa shape index (κ3) is 2.85. The number of hydrogen-bond acceptors (Lipinski definition) is 7. The van der Waals surface area contributed by atoms with Gasteiger partial charge >= 0.3 is 12.1 Å². The summed E-state index contributed by atoms with van der Waals surface area (Å²) in [6, 6.07) is 8.72. The van der Waals surface area contributed by atoms with Crippen LogP contribution >= 0.6 is 0 Å². The summed E-state index contributed by atoms with van der Waals surface area (Å²) < 4.78 is 5.99. The Hall–Kier alpha value is -2.87. The van der Waals surface area contributed by atoms with Gasteiger partial charge in [0.1, 0.15) is 5.82 Å². The molecule has 1 aliphatic heterocycles. The SMILES string of the molecule is CCOC(=O)n1nc2c(c1N)CN(OC(=O)c1ccccc1)C2(C)C. The van der Waals surface area contributed by atoms with E-state index in [1.54, 1.807) is 31.2 Å². The molecule has 8 nitrogen and oxygen atoms in total. The van der Waals surface area contributed by atoms with Crippen LogP contribution in [0, 0.1) is 0 Å². The highest BCUT2D eigenvalue weighted by molar-refractivity contribution is 5.89. The van der Waals surface area contributed by atoms with Crippen molar-refractivity contribution in [2.24, 2.45) is 0 Å². The normalized spacial score (nSPS) is 15.6. The maximum Gasteiger partial charge on any atom is 0.436 e. The van der Waals surface area contributed by atoms with Crippen molar-refractivity contribution in [3.05, 3.63) is 47.2 Å². The highest BCUT2D eigenvalue weighted by Gasteiger charge is 2.45. The summed E-state index contributed by atoms with van der Waals surface area (Å²) in [5, 5.41) is 5.80. The third-order valence-corrected chi connectivity index (χ3v) is 4.17. The number of benzene rings is 1. The van der Waals surface area contributed by atoms with Crippen molar-refractivity contribution in [1.29, 1.82) is 0 Å². The average molecular weight is 344 g/mol. The number of fused-ring (bicyclic) bond motifs is 1. The van der Waals surface area contributed by atoms with E-state index in [9.17, 15) is 9.59 Å². The smallest absolute Gasteiger partial charge is 0.436 e. The minimum absolute atomic E-state index is 0.194. The van der Waals surface area contributed by atoms with Gasteiger partial charge < -0.3 is 15.3 Å². The molecule has 0 fully saturated rings. The van der Waals surface area contributed by atoms with E-state index >= 15 is 0 Å². The molecular formula is C17H20N4O4. The van der Waals surface area contributed by atoms with Gasteiger partial charge in [-0.15, -0.1) is 9.75 Å². The second-order valence-corrected chi connectivity index (χ2v) is 6.16. The average Bonchev–Trinajstić information content (AvgIpc) is 3.04. The fraction of sp³-hybridized carbons (Fsp3) is 0.353. The van der Waals surface area contributed by atoms with Crippen LogP contribution in [0.4, 0.5) is 10.6 Å². The lowest BCUT2D eigenvalue weighted by Crippen LogP contribution is -2.38. The second-order valence-electron chi connectivity index (χ2n) is 6.16. The minimum atomic E-state index is -0.731. The zero-order valence-corrected chi connectivity index (χ0v) is 14.4. The maximum atomic E-state index is 12.3. The van der Waals surface area contributed by atoms with Gasteiger partial charge in [0, 0.05) is 5.56 Å². The predicted molar refractivity (Wildman–Crippen MR) is 89.5 cm³/mol. The van der Waals surface area contributed by atoms with Gasteiger partial charge in [0.15, 0.2) is 0 Å². The summed E-state index contributed by atoms with van der Waals surface area (Å²) in [6.07, 6.45) is -0.627. The molecule has 0 bridgehead atoms. The summed E-state index contributed by atoms with van der Waals surface area (Å²) in [6.45, 7) is 5.87. The Balaban J connectivity index is 1.84. The van der Waals surface area contributed by atoms with Crippen LogP contribution in [0.5, 0.6) is 0 Å². The van der Waals surface area contributed by atoms with Crippen LogP contribution in [-0.2, 0) is 21.7 Å². The molecule has 2 aromatic rings. The number of anilines is 1. The number of ether oxygens (including phenoxy) is 1. The molecule has 1 aromatic carbocycles. The predicted octanol–water partition coefficient (Wildman–Crippen LogP) is 2.29. The van der Waals surface area contributed by atoms with E-state index < -0.39 is 17.6 Å². The van der Waals surface area contributed by atoms with Gasteiger partial charge in [-0.25, -0.2) is 9.59 Å². The topological polar surface area (TPSA) is 99.7 Å². The number of nitrogen functional groups attached to an aromatic ring is 1. The lowest BCUT2D eigenvalue weighted by Gasteiger charge is -2.29. The van der Waals surface area contributed by atoms with Crippen molar-refractivity contribution in [2.45, 2.75) is 32.9 Å². The Bertz CT molecular complexity index is 814. The van der Waals surface area contributed by atoms with E-state index in [0.717, 1.165) is 4.68 Å². The Morgan fingerprint density at radius 3 is 2.56 bits per heavy atom. The zero-order valence-electron chi connectivity index (χ0n) is 14.4. The van der Waals surface area contributed by atoms with Crippen molar-refractivity contribution >= 4 is 17.9 Å². The molecule has 0 saturated heterocycles. The minimum Gasteiger partial charge on any atom is -0.448 e. The van der Waals surface area contributed by atoms with E-state index in [1.165, 1.54) is 5.06 Å². The van der Waals surface area contributed by atoms with Gasteiger partial charge in [-0.3, -0.25) is 0 Å². The number of rotatable bonds is 3. The molecule has 2 N–H and O–H groups in total. The summed E-state index contributed by atoms with van der Waals surface area (Å²) in [4.78, 5) is 29.8. The summed E-state index contributed by atoms with van der Waals surface area (Å²) in [5.74, 6) is -0.268. The first kappa shape index (κ1) is 17.0. The van der Waals surface area contributed by atoms with E-state index in [0.29, 0.717) is 16.8 Å². The molecule has 0 unspecified atom stereocenters. The first-order valence-corrected chi connectivity index (χ1v) is 7.96. The Morgan fingerprint density at radius 2 is 1.96 bits per heavy atom. The number of hydrogen-bond donors (Lipinski definition) is 1. The zero-order chi connectivity index (χ0) is 18.2. The molecule has 0 atom stereocenters. The Kier molecular flexibility index (Phi) is 4.22. The fourth-order valence-electron chi connectivity index (χ4n) is 2.77. The Morgan fingerprint density at radius 1 is 1.28 bits per heavy atom. The van der Waals surface area contributed by atoms with Crippen LogP contribution in [-0.4, -0.2) is 33.5 Å². The van der Waals surface area contributed by atoms with Gasteiger partial charge in [-0.05, 0) is 32.9 Å². The van der Waals surface area contributed by atoms with Crippen LogP contribution in [0.15, 0.2) is 30.3 Å². The molecule has 8 heteroatoms. The van der Waals surface area contributed by atoms with E-state index in [1.807, 2.05) is 19.9 Å². The molecule has 0 aliphatic carbocycles. The van der Waals surface area contributed by atoms with Crippen molar-refractivity contribution < 1.29 is 19.2 Å². The molecule has 1 aliphatic rings. The van der Waals surface area contributed by atoms with Crippen molar-refractivity contribution in [3.8, 4) is 0 Å². The monoisotopic (exact) mass is 344 g/mol. The van der Waals surface area contributed by atoms with E-state index in [2.05, 4.69) is 5.10 Å². The number of hydroxylamine groups is 2. The number of carbonyl (C=O) groups excluding carboxylic acids is 2. The highest BCUT2D eigenvalue weighted by Crippen LogP contribution is 2.41. The molecule has 2 heterocycles. The van der Waals surface area contributed by atoms with Crippen molar-refractivity contribution in [2.75, 3.05) is 12.3 Å². The van der Waals surface area contributed by atoms with Crippen LogP contribution in [0.3, 0.4) is 0 Å². The number of aromatic nitrogens is 2. The summed E-state index contributed by atoms with van der Waals surface area (Å²) in [5.41, 5.74) is 7.00. The molecule has 0 spiro atoms. The van der Waals surface area contributed by atoms with Gasteiger partial charge in [0.2, 0.25) is 0 Å². The van der Waals surface area contributed by atoms with Gasteiger partial charge in [0.25, 0.3) is 0 Å². The fourth-order valence-corrected chi connectivity index (χ4v) is 2.77. The standard InChI is InChI=1S/C17H20N4O4/c1-4-24-16(23)21-14(18)12-10-20(17(2,3)13(12)19-21)25-15(22)11-8-6-5-7-9-11/h5-9H,4,10,18H2,1-3H3. The second kappa shape index (κ2) is 6.21. The lowest BCUT2D eigenvalue weighted by atomic mass is 10.0. The third-order valence-electron chi connectivity index (χ3n) is 4.17. The summed E-state index contributed by atoms with van der Waals surface area (Å²) >= 11 is 0. The lowest BCUT2D eigenvalue weighted by molar-refractivity contribution is -0.169. The van der Waals surface area contributed by atoms with E-state index in [4.69, 9.17) is 15.3 Å². The molecule has 0 radical (unpaired) electrons. The van der Waals surface area contributed by atoms with Crippen LogP contribution in [0.25, 0.3) is 0 Å². The van der Waals surface area contributed by atoms with Gasteiger partial charge in [-0.2, -0.15) is 5.10 Å². The molecule has 25 heavy (non-hydrogen) atoms. The van der Waals surface area contributed by atoms with Gasteiger partial charge in [-0.1, -0.05) is 18.2 Å². The number of nitrogens with zero attached hydrogens (tertiary/aromatic N) is 3. The van der Waals surface area contributed by atoms with Crippen LogP contribution in [0.1, 0.15) is 42.4 Å². The van der Waals surface area contributed by atoms with Crippen molar-refractivity contribution in [1.82, 2.24) is 14.8 Å². The van der Waals surface area contributed by atoms with E-state index in [-0.39, 0.29) is 19.0 Å². The highest BCUT2D eigenvalue weighted by atomic mass is 16.7. The maximum absolute atomic E-state index is 12.3. The molecule has 132 valence electrons. The van der Waals surface area contributed by atoms with Gasteiger partial charge in [0.05, 0.1) is 29.9 Å². The molecule has 1 aromatic heterocycles. The number of nitrogens with two attached hydrogens (primary N) is 1. The summed E-state index contributed by atoms with van der Waals surface area (Å²) in [7, 11) is 0.